The Kier molecular flexibility index (Phi) is 10.1. The van der Waals surface area contributed by atoms with E-state index in [9.17, 15) is 18.3 Å². The zero-order chi connectivity index (χ0) is 31.3. The van der Waals surface area contributed by atoms with Gasteiger partial charge in [-0.05, 0) is 48.6 Å². The molecule has 3 aliphatic heterocycles. The Morgan fingerprint density at radius 1 is 1.14 bits per heavy atom. The van der Waals surface area contributed by atoms with E-state index in [0.29, 0.717) is 30.3 Å². The van der Waals surface area contributed by atoms with Crippen molar-refractivity contribution in [1.29, 1.82) is 5.26 Å². The van der Waals surface area contributed by atoms with Crippen molar-refractivity contribution >= 4 is 16.1 Å². The van der Waals surface area contributed by atoms with Crippen molar-refractivity contribution in [3.8, 4) is 23.3 Å². The van der Waals surface area contributed by atoms with E-state index >= 15 is 0 Å². The molecule has 5 rings (SSSR count). The van der Waals surface area contributed by atoms with Crippen LogP contribution in [0.5, 0.6) is 17.2 Å². The van der Waals surface area contributed by atoms with Crippen molar-refractivity contribution in [3.05, 3.63) is 48.0 Å². The van der Waals surface area contributed by atoms with Gasteiger partial charge < -0.3 is 38.8 Å². The van der Waals surface area contributed by atoms with Crippen LogP contribution in [0, 0.1) is 23.2 Å². The molecule has 13 nitrogen and oxygen atoms in total. The summed E-state index contributed by atoms with van der Waals surface area (Å²) in [5, 5.41) is 23.1. The number of aliphatic hydroxyl groups is 1. The summed E-state index contributed by atoms with van der Waals surface area (Å²) >= 11 is 0. The standard InChI is InChI=1S/C30H37N3O10S/c1-19(2)15-33(44(36,37)22-7-8-26-27(14-22)42-18-41-26)16-25(34)24(13-20-3-5-21(6-4-20)38-12-10-31)32-30(35)43-28-17-40-29-23(28)9-11-39-29/h3-8,14,19,23-25,28-29,34H,9,11-13,15-18H2,1-2H3,(H,32,35)/t23?,24-,25+,28-,29+/m0/s1. The van der Waals surface area contributed by atoms with E-state index < -0.39 is 40.7 Å². The molecule has 5 atom stereocenters. The van der Waals surface area contributed by atoms with Gasteiger partial charge >= 0.3 is 6.09 Å². The van der Waals surface area contributed by atoms with Gasteiger partial charge in [0.05, 0.1) is 36.2 Å². The Morgan fingerprint density at radius 2 is 1.91 bits per heavy atom. The molecule has 2 N–H and O–H groups in total. The van der Waals surface area contributed by atoms with Crippen LogP contribution in [0.25, 0.3) is 0 Å². The predicted octanol–water partition coefficient (Wildman–Crippen LogP) is 2.42. The number of nitrogens with one attached hydrogen (secondary N) is 1. The second-order valence-electron chi connectivity index (χ2n) is 11.3. The SMILES string of the molecule is CC(C)CN(C[C@@H](O)[C@H](Cc1ccc(OCC#N)cc1)NC(=O)O[C@H]1CO[C@H]2OCCC21)S(=O)(=O)c1ccc2c(c1)OCO2. The number of aliphatic hydroxyl groups excluding tert-OH is 1. The zero-order valence-electron chi connectivity index (χ0n) is 24.6. The number of fused-ring (bicyclic) bond motifs is 2. The number of sulfonamides is 1. The van der Waals surface area contributed by atoms with Gasteiger partial charge in [-0.15, -0.1) is 0 Å². The summed E-state index contributed by atoms with van der Waals surface area (Å²) in [5.41, 5.74) is 0.737. The van der Waals surface area contributed by atoms with E-state index in [2.05, 4.69) is 5.32 Å². The Hall–Kier alpha value is -3.61. The highest BCUT2D eigenvalue weighted by Crippen LogP contribution is 2.35. The number of carbonyl (C=O) groups is 1. The van der Waals surface area contributed by atoms with Gasteiger partial charge in [-0.2, -0.15) is 9.57 Å². The van der Waals surface area contributed by atoms with Crippen molar-refractivity contribution in [2.75, 3.05) is 39.7 Å². The molecule has 0 aromatic heterocycles. The van der Waals surface area contributed by atoms with E-state index in [1.165, 1.54) is 22.5 Å². The number of rotatable bonds is 13. The summed E-state index contributed by atoms with van der Waals surface area (Å²) < 4.78 is 61.6. The normalized spacial score (nSPS) is 22.0. The smallest absolute Gasteiger partial charge is 0.407 e. The van der Waals surface area contributed by atoms with Gasteiger partial charge in [0, 0.05) is 19.2 Å². The second kappa shape index (κ2) is 14.0. The molecule has 0 spiro atoms. The van der Waals surface area contributed by atoms with Crippen LogP contribution < -0.4 is 19.5 Å². The minimum Gasteiger partial charge on any atom is -0.479 e. The van der Waals surface area contributed by atoms with Gasteiger partial charge in [0.15, 0.2) is 24.4 Å². The van der Waals surface area contributed by atoms with Crippen molar-refractivity contribution in [2.24, 2.45) is 11.8 Å². The van der Waals surface area contributed by atoms with Crippen molar-refractivity contribution in [3.63, 3.8) is 0 Å². The quantitative estimate of drug-likeness (QED) is 0.333. The number of nitriles is 1. The fourth-order valence-electron chi connectivity index (χ4n) is 5.45. The Labute approximate surface area is 256 Å². The largest absolute Gasteiger partial charge is 0.479 e. The van der Waals surface area contributed by atoms with Crippen LogP contribution in [0.3, 0.4) is 0 Å². The maximum Gasteiger partial charge on any atom is 0.407 e. The molecule has 44 heavy (non-hydrogen) atoms. The molecular weight excluding hydrogens is 594 g/mol. The first-order chi connectivity index (χ1) is 21.1. The third kappa shape index (κ3) is 7.54. The molecule has 2 aromatic rings. The highest BCUT2D eigenvalue weighted by Gasteiger charge is 2.44. The molecule has 2 aromatic carbocycles. The molecule has 14 heteroatoms. The predicted molar refractivity (Wildman–Crippen MR) is 154 cm³/mol. The number of amides is 1. The summed E-state index contributed by atoms with van der Waals surface area (Å²) in [6, 6.07) is 12.2. The van der Waals surface area contributed by atoms with E-state index in [1.54, 1.807) is 24.3 Å². The summed E-state index contributed by atoms with van der Waals surface area (Å²) in [6.45, 7) is 4.21. The number of alkyl carbamates (subject to hydrolysis) is 1. The highest BCUT2D eigenvalue weighted by atomic mass is 32.2. The molecule has 0 radical (unpaired) electrons. The van der Waals surface area contributed by atoms with Gasteiger partial charge in [0.25, 0.3) is 0 Å². The summed E-state index contributed by atoms with van der Waals surface area (Å²) in [4.78, 5) is 13.1. The molecule has 238 valence electrons. The fourth-order valence-corrected chi connectivity index (χ4v) is 7.08. The minimum atomic E-state index is -4.07. The summed E-state index contributed by atoms with van der Waals surface area (Å²) in [5.74, 6) is 1.14. The molecule has 1 amide bonds. The lowest BCUT2D eigenvalue weighted by Crippen LogP contribution is -2.51. The number of ether oxygens (including phenoxy) is 6. The summed E-state index contributed by atoms with van der Waals surface area (Å²) in [7, 11) is -4.07. The van der Waals surface area contributed by atoms with Crippen LogP contribution in [0.15, 0.2) is 47.4 Å². The van der Waals surface area contributed by atoms with Gasteiger partial charge in [-0.1, -0.05) is 26.0 Å². The lowest BCUT2D eigenvalue weighted by atomic mass is 10.0. The van der Waals surface area contributed by atoms with Crippen LogP contribution in [0.2, 0.25) is 0 Å². The van der Waals surface area contributed by atoms with Crippen LogP contribution >= 0.6 is 0 Å². The Bertz CT molecular complexity index is 1450. The Morgan fingerprint density at radius 3 is 2.66 bits per heavy atom. The van der Waals surface area contributed by atoms with Gasteiger partial charge in [-0.25, -0.2) is 13.2 Å². The average Bonchev–Trinajstić information content (AvgIpc) is 3.74. The molecule has 2 saturated heterocycles. The highest BCUT2D eigenvalue weighted by molar-refractivity contribution is 7.89. The van der Waals surface area contributed by atoms with E-state index in [4.69, 9.17) is 33.7 Å². The van der Waals surface area contributed by atoms with E-state index in [-0.39, 0.29) is 56.2 Å². The van der Waals surface area contributed by atoms with Crippen LogP contribution in [-0.4, -0.2) is 88.2 Å². The Balaban J connectivity index is 1.34. The van der Waals surface area contributed by atoms with Crippen LogP contribution in [0.1, 0.15) is 25.8 Å². The van der Waals surface area contributed by atoms with E-state index in [0.717, 1.165) is 5.56 Å². The lowest BCUT2D eigenvalue weighted by molar-refractivity contribution is -0.0907. The van der Waals surface area contributed by atoms with Crippen molar-refractivity contribution in [2.45, 2.75) is 56.1 Å². The summed E-state index contributed by atoms with van der Waals surface area (Å²) in [6.07, 6.45) is -2.11. The molecular formula is C30H37N3O10S. The first-order valence-corrected chi connectivity index (χ1v) is 15.9. The van der Waals surface area contributed by atoms with Crippen LogP contribution in [0.4, 0.5) is 4.79 Å². The number of hydrogen-bond acceptors (Lipinski definition) is 11. The monoisotopic (exact) mass is 631 g/mol. The number of nitrogens with zero attached hydrogens (tertiary/aromatic N) is 2. The maximum absolute atomic E-state index is 13.8. The molecule has 1 unspecified atom stereocenters. The lowest BCUT2D eigenvalue weighted by Gasteiger charge is -2.31. The molecule has 0 aliphatic carbocycles. The zero-order valence-corrected chi connectivity index (χ0v) is 25.4. The second-order valence-corrected chi connectivity index (χ2v) is 13.3. The third-order valence-electron chi connectivity index (χ3n) is 7.63. The van der Waals surface area contributed by atoms with E-state index in [1.807, 2.05) is 19.9 Å². The number of hydrogen-bond donors (Lipinski definition) is 2. The third-order valence-corrected chi connectivity index (χ3v) is 9.46. The molecule has 3 aliphatic rings. The van der Waals surface area contributed by atoms with Gasteiger partial charge in [0.1, 0.15) is 17.9 Å². The average molecular weight is 632 g/mol. The number of carbonyl (C=O) groups excluding carboxylic acids is 1. The van der Waals surface area contributed by atoms with Gasteiger partial charge in [0.2, 0.25) is 16.8 Å². The van der Waals surface area contributed by atoms with Crippen molar-refractivity contribution < 1.29 is 46.7 Å². The first-order valence-electron chi connectivity index (χ1n) is 14.5. The molecule has 2 fully saturated rings. The topological polar surface area (TPSA) is 166 Å². The maximum atomic E-state index is 13.8. The minimum absolute atomic E-state index is 0.000969. The van der Waals surface area contributed by atoms with Crippen molar-refractivity contribution in [1.82, 2.24) is 9.62 Å². The number of benzene rings is 2. The van der Waals surface area contributed by atoms with Crippen LogP contribution in [-0.2, 0) is 30.7 Å². The fraction of sp³-hybridized carbons (Fsp3) is 0.533. The molecule has 0 bridgehead atoms. The first kappa shape index (κ1) is 31.8. The molecule has 0 saturated carbocycles. The van der Waals surface area contributed by atoms with Gasteiger partial charge in [-0.3, -0.25) is 0 Å². The molecule has 3 heterocycles.